The van der Waals surface area contributed by atoms with E-state index in [9.17, 15) is 0 Å². The first-order valence-corrected chi connectivity index (χ1v) is 7.40. The Balaban J connectivity index is 2.26. The topological polar surface area (TPSA) is 33.7 Å². The second-order valence-corrected chi connectivity index (χ2v) is 5.37. The van der Waals surface area contributed by atoms with Crippen molar-refractivity contribution in [1.82, 2.24) is 5.32 Å². The van der Waals surface area contributed by atoms with Crippen molar-refractivity contribution in [2.24, 2.45) is 0 Å². The summed E-state index contributed by atoms with van der Waals surface area (Å²) in [7, 11) is 3.39. The van der Waals surface area contributed by atoms with Gasteiger partial charge in [0.2, 0.25) is 0 Å². The lowest BCUT2D eigenvalue weighted by atomic mass is 9.90. The SMILES string of the molecule is CCC1(CC)CN(c2ccc(OC)cc2OC)CCN1. The third-order valence-electron chi connectivity index (χ3n) is 4.46. The maximum absolute atomic E-state index is 5.53. The minimum atomic E-state index is 0.211. The van der Waals surface area contributed by atoms with Crippen LogP contribution in [0.3, 0.4) is 0 Å². The lowest BCUT2D eigenvalue weighted by Crippen LogP contribution is -2.60. The molecule has 2 rings (SSSR count). The highest BCUT2D eigenvalue weighted by Gasteiger charge is 2.32. The van der Waals surface area contributed by atoms with Crippen molar-refractivity contribution in [3.63, 3.8) is 0 Å². The van der Waals surface area contributed by atoms with Gasteiger partial charge >= 0.3 is 0 Å². The molecule has 1 fully saturated rings. The molecular weight excluding hydrogens is 252 g/mol. The predicted molar refractivity (Wildman–Crippen MR) is 83.1 cm³/mol. The van der Waals surface area contributed by atoms with Crippen LogP contribution in [0.1, 0.15) is 26.7 Å². The van der Waals surface area contributed by atoms with Crippen molar-refractivity contribution in [2.45, 2.75) is 32.2 Å². The van der Waals surface area contributed by atoms with Gasteiger partial charge < -0.3 is 19.7 Å². The number of methoxy groups -OCH3 is 2. The molecule has 0 saturated carbocycles. The smallest absolute Gasteiger partial charge is 0.145 e. The van der Waals surface area contributed by atoms with Crippen LogP contribution in [0.15, 0.2) is 18.2 Å². The van der Waals surface area contributed by atoms with E-state index in [2.05, 4.69) is 30.1 Å². The van der Waals surface area contributed by atoms with Crippen molar-refractivity contribution in [2.75, 3.05) is 38.8 Å². The summed E-state index contributed by atoms with van der Waals surface area (Å²) in [6.45, 7) is 7.54. The average Bonchev–Trinajstić information content (AvgIpc) is 2.54. The number of ether oxygens (including phenoxy) is 2. The summed E-state index contributed by atoms with van der Waals surface area (Å²) in [5.74, 6) is 1.71. The van der Waals surface area contributed by atoms with Gasteiger partial charge in [-0.1, -0.05) is 13.8 Å². The van der Waals surface area contributed by atoms with Gasteiger partial charge in [-0.25, -0.2) is 0 Å². The average molecular weight is 278 g/mol. The molecule has 0 unspecified atom stereocenters. The fraction of sp³-hybridized carbons (Fsp3) is 0.625. The largest absolute Gasteiger partial charge is 0.497 e. The molecule has 1 saturated heterocycles. The maximum Gasteiger partial charge on any atom is 0.145 e. The molecule has 1 heterocycles. The minimum Gasteiger partial charge on any atom is -0.497 e. The van der Waals surface area contributed by atoms with Crippen LogP contribution in [0.25, 0.3) is 0 Å². The fourth-order valence-electron chi connectivity index (χ4n) is 2.93. The van der Waals surface area contributed by atoms with E-state index in [1.54, 1.807) is 14.2 Å². The van der Waals surface area contributed by atoms with Crippen molar-refractivity contribution in [1.29, 1.82) is 0 Å². The molecule has 20 heavy (non-hydrogen) atoms. The van der Waals surface area contributed by atoms with Gasteiger partial charge in [0.1, 0.15) is 11.5 Å². The molecule has 4 nitrogen and oxygen atoms in total. The van der Waals surface area contributed by atoms with Gasteiger partial charge in [-0.15, -0.1) is 0 Å². The third-order valence-corrected chi connectivity index (χ3v) is 4.46. The highest BCUT2D eigenvalue weighted by atomic mass is 16.5. The molecule has 1 N–H and O–H groups in total. The standard InChI is InChI=1S/C16H26N2O2/c1-5-16(6-2)12-18(10-9-17-16)14-8-7-13(19-3)11-15(14)20-4/h7-8,11,17H,5-6,9-10,12H2,1-4H3. The van der Waals surface area contributed by atoms with Gasteiger partial charge in [0.15, 0.2) is 0 Å². The van der Waals surface area contributed by atoms with Crippen LogP contribution in [-0.4, -0.2) is 39.4 Å². The third kappa shape index (κ3) is 2.85. The zero-order valence-corrected chi connectivity index (χ0v) is 13.0. The van der Waals surface area contributed by atoms with E-state index in [0.29, 0.717) is 0 Å². The van der Waals surface area contributed by atoms with E-state index < -0.39 is 0 Å². The van der Waals surface area contributed by atoms with Gasteiger partial charge in [0.25, 0.3) is 0 Å². The molecule has 0 radical (unpaired) electrons. The summed E-state index contributed by atoms with van der Waals surface area (Å²) in [5, 5.41) is 3.68. The minimum absolute atomic E-state index is 0.211. The summed E-state index contributed by atoms with van der Waals surface area (Å²) in [4.78, 5) is 2.42. The number of benzene rings is 1. The van der Waals surface area contributed by atoms with Crippen LogP contribution < -0.4 is 19.7 Å². The van der Waals surface area contributed by atoms with Crippen molar-refractivity contribution in [3.05, 3.63) is 18.2 Å². The summed E-state index contributed by atoms with van der Waals surface area (Å²) in [6.07, 6.45) is 2.27. The quantitative estimate of drug-likeness (QED) is 0.898. The number of nitrogens with zero attached hydrogens (tertiary/aromatic N) is 1. The van der Waals surface area contributed by atoms with E-state index in [0.717, 1.165) is 49.7 Å². The highest BCUT2D eigenvalue weighted by molar-refractivity contribution is 5.61. The molecule has 1 aromatic carbocycles. The van der Waals surface area contributed by atoms with Crippen LogP contribution in [0.4, 0.5) is 5.69 Å². The normalized spacial score (nSPS) is 17.9. The highest BCUT2D eigenvalue weighted by Crippen LogP contribution is 2.34. The predicted octanol–water partition coefficient (Wildman–Crippen LogP) is 2.67. The second kappa shape index (κ2) is 6.35. The first-order chi connectivity index (χ1) is 9.68. The molecule has 1 aliphatic rings. The molecule has 0 spiro atoms. The van der Waals surface area contributed by atoms with Crippen molar-refractivity contribution < 1.29 is 9.47 Å². The van der Waals surface area contributed by atoms with Gasteiger partial charge in [-0.2, -0.15) is 0 Å². The Morgan fingerprint density at radius 1 is 1.20 bits per heavy atom. The zero-order chi connectivity index (χ0) is 14.6. The molecule has 0 bridgehead atoms. The number of nitrogens with one attached hydrogen (secondary N) is 1. The molecule has 4 heteroatoms. The lowest BCUT2D eigenvalue weighted by molar-refractivity contribution is 0.276. The Morgan fingerprint density at radius 2 is 1.95 bits per heavy atom. The fourth-order valence-corrected chi connectivity index (χ4v) is 2.93. The maximum atomic E-state index is 5.53. The van der Waals surface area contributed by atoms with E-state index in [4.69, 9.17) is 9.47 Å². The monoisotopic (exact) mass is 278 g/mol. The molecule has 112 valence electrons. The van der Waals surface area contributed by atoms with Crippen LogP contribution in [-0.2, 0) is 0 Å². The van der Waals surface area contributed by atoms with Crippen molar-refractivity contribution in [3.8, 4) is 11.5 Å². The van der Waals surface area contributed by atoms with Crippen LogP contribution in [0.5, 0.6) is 11.5 Å². The number of hydrogen-bond donors (Lipinski definition) is 1. The lowest BCUT2D eigenvalue weighted by Gasteiger charge is -2.44. The Bertz CT molecular complexity index is 444. The van der Waals surface area contributed by atoms with Crippen LogP contribution in [0, 0.1) is 0 Å². The van der Waals surface area contributed by atoms with Gasteiger partial charge in [-0.3, -0.25) is 0 Å². The van der Waals surface area contributed by atoms with Gasteiger partial charge in [-0.05, 0) is 25.0 Å². The summed E-state index contributed by atoms with van der Waals surface area (Å²) in [6, 6.07) is 6.05. The van der Waals surface area contributed by atoms with Crippen LogP contribution in [0.2, 0.25) is 0 Å². The van der Waals surface area contributed by atoms with Crippen molar-refractivity contribution >= 4 is 5.69 Å². The zero-order valence-electron chi connectivity index (χ0n) is 13.0. The van der Waals surface area contributed by atoms with E-state index in [-0.39, 0.29) is 5.54 Å². The molecule has 1 aliphatic heterocycles. The van der Waals surface area contributed by atoms with E-state index in [1.807, 2.05) is 12.1 Å². The molecule has 0 aliphatic carbocycles. The van der Waals surface area contributed by atoms with Gasteiger partial charge in [0.05, 0.1) is 19.9 Å². The Labute approximate surface area is 122 Å². The Kier molecular flexibility index (Phi) is 4.76. The number of anilines is 1. The van der Waals surface area contributed by atoms with Crippen LogP contribution >= 0.6 is 0 Å². The first-order valence-electron chi connectivity index (χ1n) is 7.40. The summed E-state index contributed by atoms with van der Waals surface area (Å²) >= 11 is 0. The number of piperazine rings is 1. The molecule has 0 amide bonds. The number of rotatable bonds is 5. The molecular formula is C16H26N2O2. The Morgan fingerprint density at radius 3 is 2.55 bits per heavy atom. The number of hydrogen-bond acceptors (Lipinski definition) is 4. The van der Waals surface area contributed by atoms with E-state index in [1.165, 1.54) is 0 Å². The molecule has 0 aromatic heterocycles. The van der Waals surface area contributed by atoms with E-state index >= 15 is 0 Å². The molecule has 0 atom stereocenters. The molecule has 1 aromatic rings. The summed E-state index contributed by atoms with van der Waals surface area (Å²) < 4.78 is 10.8. The Hall–Kier alpha value is -1.42. The van der Waals surface area contributed by atoms with Gasteiger partial charge in [0, 0.05) is 31.2 Å². The second-order valence-electron chi connectivity index (χ2n) is 5.37. The first kappa shape index (κ1) is 15.0. The summed E-state index contributed by atoms with van der Waals surface area (Å²) in [5.41, 5.74) is 1.37.